The molecule has 1 rings (SSSR count). The Balaban J connectivity index is 3.54. The number of aromatic carboxylic acids is 1. The van der Waals surface area contributed by atoms with Crippen molar-refractivity contribution in [1.29, 1.82) is 0 Å². The van der Waals surface area contributed by atoms with E-state index in [9.17, 15) is 14.7 Å². The minimum Gasteiger partial charge on any atom is -0.506 e. The molecule has 2 N–H and O–H groups in total. The number of hydrogen-bond donors (Lipinski definition) is 2. The van der Waals surface area contributed by atoms with Crippen LogP contribution in [-0.4, -0.2) is 22.0 Å². The molecular weight excluding hydrogens is 255 g/mol. The molecule has 0 radical (unpaired) electrons. The number of carbonyl (C=O) groups is 2. The zero-order chi connectivity index (χ0) is 12.5. The van der Waals surface area contributed by atoms with E-state index >= 15 is 0 Å². The molecule has 6 heteroatoms. The van der Waals surface area contributed by atoms with Crippen molar-refractivity contribution in [3.63, 3.8) is 0 Å². The Morgan fingerprint density at radius 1 is 1.31 bits per heavy atom. The van der Waals surface area contributed by atoms with E-state index in [1.165, 1.54) is 13.0 Å². The van der Waals surface area contributed by atoms with Gasteiger partial charge in [-0.15, -0.1) is 23.2 Å². The Hall–Kier alpha value is -1.26. The first-order valence-electron chi connectivity index (χ1n) is 4.24. The Labute approximate surface area is 101 Å². The van der Waals surface area contributed by atoms with Gasteiger partial charge in [0.25, 0.3) is 0 Å². The van der Waals surface area contributed by atoms with Gasteiger partial charge in [0.15, 0.2) is 5.78 Å². The largest absolute Gasteiger partial charge is 0.506 e. The highest BCUT2D eigenvalue weighted by Gasteiger charge is 2.22. The van der Waals surface area contributed by atoms with Gasteiger partial charge in [-0.05, 0) is 18.6 Å². The van der Waals surface area contributed by atoms with E-state index in [1.807, 2.05) is 0 Å². The third-order valence-corrected chi connectivity index (χ3v) is 2.50. The monoisotopic (exact) mass is 262 g/mol. The normalized spacial score (nSPS) is 10.5. The second-order valence-corrected chi connectivity index (χ2v) is 4.18. The number of carbonyl (C=O) groups excluding carboxylic acids is 1. The highest BCUT2D eigenvalue weighted by molar-refractivity contribution is 6.44. The van der Waals surface area contributed by atoms with Crippen molar-refractivity contribution in [1.82, 2.24) is 0 Å². The van der Waals surface area contributed by atoms with Crippen LogP contribution in [0.5, 0.6) is 5.75 Å². The van der Waals surface area contributed by atoms with E-state index < -0.39 is 22.3 Å². The van der Waals surface area contributed by atoms with E-state index in [-0.39, 0.29) is 16.7 Å². The maximum absolute atomic E-state index is 11.3. The number of rotatable bonds is 3. The molecule has 0 aliphatic heterocycles. The van der Waals surface area contributed by atoms with Crippen molar-refractivity contribution in [2.24, 2.45) is 0 Å². The summed E-state index contributed by atoms with van der Waals surface area (Å²) in [5.74, 6) is -2.43. The number of carboxylic acids is 1. The van der Waals surface area contributed by atoms with Crippen LogP contribution in [0.2, 0.25) is 0 Å². The average molecular weight is 263 g/mol. The quantitative estimate of drug-likeness (QED) is 0.649. The molecule has 0 bridgehead atoms. The lowest BCUT2D eigenvalue weighted by atomic mass is 10.00. The van der Waals surface area contributed by atoms with Gasteiger partial charge in [-0.3, -0.25) is 4.79 Å². The summed E-state index contributed by atoms with van der Waals surface area (Å²) in [6.07, 6.45) is 0. The summed E-state index contributed by atoms with van der Waals surface area (Å²) in [4.78, 5) is 21.0. The fourth-order valence-electron chi connectivity index (χ4n) is 1.33. The van der Waals surface area contributed by atoms with Crippen molar-refractivity contribution in [2.45, 2.75) is 11.8 Å². The van der Waals surface area contributed by atoms with Gasteiger partial charge in [0.05, 0.1) is 5.56 Å². The van der Waals surface area contributed by atoms with Crippen LogP contribution >= 0.6 is 23.2 Å². The van der Waals surface area contributed by atoms with Crippen molar-refractivity contribution in [2.75, 3.05) is 0 Å². The summed E-state index contributed by atoms with van der Waals surface area (Å²) in [7, 11) is 0. The standard InChI is InChI=1S/C10H8Cl2O4/c1-4(13)7-5(9(11)12)2-3-6(8(7)14)10(15)16/h2-3,9,14H,1H3,(H,15,16). The van der Waals surface area contributed by atoms with Crippen LogP contribution in [0, 0.1) is 0 Å². The van der Waals surface area contributed by atoms with Gasteiger partial charge in [-0.2, -0.15) is 0 Å². The van der Waals surface area contributed by atoms with E-state index in [1.54, 1.807) is 0 Å². The lowest BCUT2D eigenvalue weighted by Crippen LogP contribution is -2.05. The molecule has 0 saturated carbocycles. The Morgan fingerprint density at radius 3 is 2.25 bits per heavy atom. The molecule has 86 valence electrons. The number of aromatic hydroxyl groups is 1. The summed E-state index contributed by atoms with van der Waals surface area (Å²) in [6.45, 7) is 1.19. The van der Waals surface area contributed by atoms with E-state index in [0.717, 1.165) is 6.07 Å². The minimum atomic E-state index is -1.33. The molecule has 0 spiro atoms. The molecule has 1 aromatic carbocycles. The van der Waals surface area contributed by atoms with Crippen LogP contribution in [0.25, 0.3) is 0 Å². The number of carboxylic acid groups (broad SMARTS) is 1. The van der Waals surface area contributed by atoms with E-state index in [2.05, 4.69) is 0 Å². The van der Waals surface area contributed by atoms with Gasteiger partial charge in [0, 0.05) is 0 Å². The molecule has 0 fully saturated rings. The van der Waals surface area contributed by atoms with Gasteiger partial charge < -0.3 is 10.2 Å². The summed E-state index contributed by atoms with van der Waals surface area (Å²) in [6, 6.07) is 2.46. The van der Waals surface area contributed by atoms with Gasteiger partial charge >= 0.3 is 5.97 Å². The Morgan fingerprint density at radius 2 is 1.88 bits per heavy atom. The smallest absolute Gasteiger partial charge is 0.339 e. The molecule has 4 nitrogen and oxygen atoms in total. The third kappa shape index (κ3) is 2.28. The van der Waals surface area contributed by atoms with E-state index in [4.69, 9.17) is 28.3 Å². The molecule has 0 unspecified atom stereocenters. The number of ketones is 1. The zero-order valence-corrected chi connectivity index (χ0v) is 9.71. The fourth-order valence-corrected chi connectivity index (χ4v) is 1.69. The number of halogens is 2. The lowest BCUT2D eigenvalue weighted by molar-refractivity contribution is 0.0693. The summed E-state index contributed by atoms with van der Waals surface area (Å²) < 4.78 is 0. The lowest BCUT2D eigenvalue weighted by Gasteiger charge is -2.11. The number of benzene rings is 1. The maximum atomic E-state index is 11.3. The second-order valence-electron chi connectivity index (χ2n) is 3.09. The van der Waals surface area contributed by atoms with Crippen LogP contribution in [-0.2, 0) is 0 Å². The topological polar surface area (TPSA) is 74.6 Å². The average Bonchev–Trinajstić information content (AvgIpc) is 2.15. The first kappa shape index (κ1) is 12.8. The molecule has 0 saturated heterocycles. The molecule has 0 aromatic heterocycles. The predicted octanol–water partition coefficient (Wildman–Crippen LogP) is 2.77. The van der Waals surface area contributed by atoms with Crippen LogP contribution < -0.4 is 0 Å². The van der Waals surface area contributed by atoms with Crippen LogP contribution in [0.4, 0.5) is 0 Å². The van der Waals surface area contributed by atoms with Crippen molar-refractivity contribution in [3.05, 3.63) is 28.8 Å². The highest BCUT2D eigenvalue weighted by Crippen LogP contribution is 2.35. The van der Waals surface area contributed by atoms with Gasteiger partial charge in [-0.25, -0.2) is 4.79 Å². The van der Waals surface area contributed by atoms with Crippen LogP contribution in [0.1, 0.15) is 38.0 Å². The Bertz CT molecular complexity index is 454. The van der Waals surface area contributed by atoms with Crippen LogP contribution in [0.3, 0.4) is 0 Å². The molecule has 1 aromatic rings. The predicted molar refractivity (Wildman–Crippen MR) is 59.5 cm³/mol. The summed E-state index contributed by atoms with van der Waals surface area (Å²) in [5.41, 5.74) is -0.323. The minimum absolute atomic E-state index is 0.157. The molecule has 16 heavy (non-hydrogen) atoms. The highest BCUT2D eigenvalue weighted by atomic mass is 35.5. The second kappa shape index (κ2) is 4.72. The zero-order valence-electron chi connectivity index (χ0n) is 8.20. The summed E-state index contributed by atoms with van der Waals surface area (Å²) in [5, 5.41) is 18.4. The molecule has 0 aliphatic carbocycles. The molecule has 0 aliphatic rings. The number of phenols is 1. The molecule has 0 amide bonds. The number of alkyl halides is 2. The molecule has 0 heterocycles. The molecule has 0 atom stereocenters. The van der Waals surface area contributed by atoms with Gasteiger partial charge in [0.2, 0.25) is 0 Å². The third-order valence-electron chi connectivity index (χ3n) is 2.03. The number of hydrogen-bond acceptors (Lipinski definition) is 3. The first-order chi connectivity index (χ1) is 7.36. The van der Waals surface area contributed by atoms with Crippen molar-refractivity contribution < 1.29 is 19.8 Å². The SMILES string of the molecule is CC(=O)c1c(C(Cl)Cl)ccc(C(=O)O)c1O. The molecular formula is C10H8Cl2O4. The Kier molecular flexibility index (Phi) is 3.78. The summed E-state index contributed by atoms with van der Waals surface area (Å²) >= 11 is 11.2. The maximum Gasteiger partial charge on any atom is 0.339 e. The van der Waals surface area contributed by atoms with Gasteiger partial charge in [0.1, 0.15) is 16.1 Å². The fraction of sp³-hybridized carbons (Fsp3) is 0.200. The van der Waals surface area contributed by atoms with Crippen molar-refractivity contribution >= 4 is 35.0 Å². The van der Waals surface area contributed by atoms with E-state index in [0.29, 0.717) is 0 Å². The van der Waals surface area contributed by atoms with Crippen LogP contribution in [0.15, 0.2) is 12.1 Å². The number of Topliss-reactive ketones (excluding diaryl/α,β-unsaturated/α-hetero) is 1. The first-order valence-corrected chi connectivity index (χ1v) is 5.11. The van der Waals surface area contributed by atoms with Crippen molar-refractivity contribution in [3.8, 4) is 5.75 Å². The van der Waals surface area contributed by atoms with Gasteiger partial charge in [-0.1, -0.05) is 6.07 Å².